The maximum absolute atomic E-state index is 12.1. The van der Waals surface area contributed by atoms with Gasteiger partial charge in [-0.25, -0.2) is 9.97 Å². The molecule has 2 saturated heterocycles. The van der Waals surface area contributed by atoms with Crippen LogP contribution in [-0.4, -0.2) is 51.5 Å². The zero-order valence-corrected chi connectivity index (χ0v) is 21.2. The molecule has 0 aliphatic carbocycles. The van der Waals surface area contributed by atoms with Gasteiger partial charge in [0.1, 0.15) is 6.33 Å². The van der Waals surface area contributed by atoms with Crippen LogP contribution < -0.4 is 5.32 Å². The molecule has 0 bridgehead atoms. The van der Waals surface area contributed by atoms with E-state index in [9.17, 15) is 9.59 Å². The third-order valence-corrected chi connectivity index (χ3v) is 7.76. The van der Waals surface area contributed by atoms with E-state index in [0.29, 0.717) is 16.5 Å². The lowest BCUT2D eigenvalue weighted by molar-refractivity contribution is -0.138. The molecule has 2 aliphatic rings. The van der Waals surface area contributed by atoms with Gasteiger partial charge in [0.05, 0.1) is 34.2 Å². The number of ether oxygens (including phenoxy) is 1. The molecule has 178 valence electrons. The zero-order chi connectivity index (χ0) is 24.0. The van der Waals surface area contributed by atoms with E-state index in [1.165, 1.54) is 22.6 Å². The van der Waals surface area contributed by atoms with E-state index in [0.717, 1.165) is 45.0 Å². The zero-order valence-electron chi connectivity index (χ0n) is 18.9. The van der Waals surface area contributed by atoms with Gasteiger partial charge in [-0.1, -0.05) is 23.2 Å². The molecule has 34 heavy (non-hydrogen) atoms. The monoisotopic (exact) mass is 518 g/mol. The number of carbonyl (C=O) groups excluding carboxylic acids is 2. The summed E-state index contributed by atoms with van der Waals surface area (Å²) in [6, 6.07) is 5.53. The number of nitrogens with one attached hydrogen (secondary N) is 1. The van der Waals surface area contributed by atoms with Gasteiger partial charge in [-0.2, -0.15) is 0 Å². The number of amides is 2. The van der Waals surface area contributed by atoms with Gasteiger partial charge in [-0.15, -0.1) is 11.3 Å². The molecule has 4 heterocycles. The molecule has 7 nitrogen and oxygen atoms in total. The summed E-state index contributed by atoms with van der Waals surface area (Å²) >= 11 is 14.6. The second kappa shape index (κ2) is 9.17. The van der Waals surface area contributed by atoms with Crippen LogP contribution in [0.3, 0.4) is 0 Å². The second-order valence-electron chi connectivity index (χ2n) is 9.27. The fourth-order valence-corrected chi connectivity index (χ4v) is 6.23. The van der Waals surface area contributed by atoms with E-state index >= 15 is 0 Å². The molecule has 10 heteroatoms. The van der Waals surface area contributed by atoms with Crippen LogP contribution in [0.2, 0.25) is 10.0 Å². The SMILES string of the molecule is CC1(C)CNCC(Cc2c(Cl)cc(Cl)cc2-c2ncnc3cc(CN4C(=O)CCC4=O)sc23)O1. The van der Waals surface area contributed by atoms with E-state index in [4.69, 9.17) is 27.9 Å². The van der Waals surface area contributed by atoms with Crippen LogP contribution in [0.15, 0.2) is 24.5 Å². The molecule has 1 atom stereocenters. The Morgan fingerprint density at radius 1 is 1.18 bits per heavy atom. The first kappa shape index (κ1) is 23.6. The molecule has 0 spiro atoms. The summed E-state index contributed by atoms with van der Waals surface area (Å²) < 4.78 is 7.15. The molecule has 2 amide bonds. The second-order valence-corrected chi connectivity index (χ2v) is 11.3. The van der Waals surface area contributed by atoms with Crippen molar-refractivity contribution in [2.24, 2.45) is 0 Å². The van der Waals surface area contributed by atoms with Crippen LogP contribution in [0, 0.1) is 0 Å². The number of fused-ring (bicyclic) bond motifs is 1. The molecule has 1 N–H and O–H groups in total. The van der Waals surface area contributed by atoms with Crippen LogP contribution in [0.5, 0.6) is 0 Å². The van der Waals surface area contributed by atoms with Crippen LogP contribution in [0.25, 0.3) is 21.5 Å². The minimum absolute atomic E-state index is 0.0513. The predicted octanol–water partition coefficient (Wildman–Crippen LogP) is 4.62. The van der Waals surface area contributed by atoms with Crippen molar-refractivity contribution in [3.63, 3.8) is 0 Å². The van der Waals surface area contributed by atoms with E-state index in [2.05, 4.69) is 29.1 Å². The van der Waals surface area contributed by atoms with Gasteiger partial charge in [0.25, 0.3) is 0 Å². The highest BCUT2D eigenvalue weighted by molar-refractivity contribution is 7.19. The summed E-state index contributed by atoms with van der Waals surface area (Å²) in [5.74, 6) is -0.275. The third kappa shape index (κ3) is 4.70. The van der Waals surface area contributed by atoms with Gasteiger partial charge in [-0.05, 0) is 37.6 Å². The lowest BCUT2D eigenvalue weighted by Crippen LogP contribution is -2.51. The molecule has 0 saturated carbocycles. The van der Waals surface area contributed by atoms with Crippen molar-refractivity contribution in [1.29, 1.82) is 0 Å². The van der Waals surface area contributed by atoms with Crippen LogP contribution >= 0.6 is 34.5 Å². The summed E-state index contributed by atoms with van der Waals surface area (Å²) in [7, 11) is 0. The molecular formula is C24H24Cl2N4O3S. The highest BCUT2D eigenvalue weighted by Crippen LogP contribution is 2.39. The van der Waals surface area contributed by atoms with Crippen molar-refractivity contribution in [3.05, 3.63) is 45.0 Å². The number of benzene rings is 1. The number of likely N-dealkylation sites (tertiary alicyclic amines) is 1. The number of carbonyl (C=O) groups is 2. The molecule has 2 aliphatic heterocycles. The number of aromatic nitrogens is 2. The fourth-order valence-electron chi connectivity index (χ4n) is 4.56. The Hall–Kier alpha value is -2.10. The lowest BCUT2D eigenvalue weighted by atomic mass is 9.96. The molecule has 0 radical (unpaired) electrons. The number of halogens is 2. The third-order valence-electron chi connectivity index (χ3n) is 6.09. The van der Waals surface area contributed by atoms with Crippen LogP contribution in [-0.2, 0) is 27.3 Å². The maximum Gasteiger partial charge on any atom is 0.230 e. The Labute approximate surface area is 211 Å². The number of nitrogens with zero attached hydrogens (tertiary/aromatic N) is 3. The summed E-state index contributed by atoms with van der Waals surface area (Å²) in [6.45, 7) is 5.89. The van der Waals surface area contributed by atoms with Crippen LogP contribution in [0.1, 0.15) is 37.1 Å². The lowest BCUT2D eigenvalue weighted by Gasteiger charge is -2.37. The van der Waals surface area contributed by atoms with Gasteiger partial charge in [0.2, 0.25) is 11.8 Å². The fraction of sp³-hybridized carbons (Fsp3) is 0.417. The minimum atomic E-state index is -0.267. The molecule has 2 fully saturated rings. The van der Waals surface area contributed by atoms with Crippen molar-refractivity contribution < 1.29 is 14.3 Å². The van der Waals surface area contributed by atoms with Crippen molar-refractivity contribution in [2.75, 3.05) is 13.1 Å². The molecule has 1 aromatic carbocycles. The quantitative estimate of drug-likeness (QED) is 0.496. The Kier molecular flexibility index (Phi) is 6.37. The number of hydrogen-bond acceptors (Lipinski definition) is 7. The van der Waals surface area contributed by atoms with Crippen LogP contribution in [0.4, 0.5) is 0 Å². The average Bonchev–Trinajstić information content (AvgIpc) is 3.32. The number of imide groups is 1. The first-order chi connectivity index (χ1) is 16.2. The molecule has 2 aromatic heterocycles. The van der Waals surface area contributed by atoms with E-state index in [-0.39, 0.29) is 42.9 Å². The first-order valence-corrected chi connectivity index (χ1v) is 12.7. The Morgan fingerprint density at radius 3 is 2.68 bits per heavy atom. The average molecular weight is 519 g/mol. The van der Waals surface area contributed by atoms with Gasteiger partial charge in [0.15, 0.2) is 0 Å². The minimum Gasteiger partial charge on any atom is -0.369 e. The van der Waals surface area contributed by atoms with Crippen molar-refractivity contribution >= 4 is 56.6 Å². The highest BCUT2D eigenvalue weighted by atomic mass is 35.5. The number of thiophene rings is 1. The van der Waals surface area contributed by atoms with Crippen molar-refractivity contribution in [2.45, 2.75) is 51.4 Å². The Bertz CT molecular complexity index is 1280. The summed E-state index contributed by atoms with van der Waals surface area (Å²) in [5.41, 5.74) is 2.96. The van der Waals surface area contributed by atoms with E-state index in [1.807, 2.05) is 12.1 Å². The maximum atomic E-state index is 12.1. The van der Waals surface area contributed by atoms with Crippen molar-refractivity contribution in [3.8, 4) is 11.3 Å². The van der Waals surface area contributed by atoms with E-state index in [1.54, 1.807) is 6.07 Å². The number of hydrogen-bond donors (Lipinski definition) is 1. The number of rotatable bonds is 5. The first-order valence-electron chi connectivity index (χ1n) is 11.1. The highest BCUT2D eigenvalue weighted by Gasteiger charge is 2.31. The topological polar surface area (TPSA) is 84.4 Å². The molecule has 3 aromatic rings. The smallest absolute Gasteiger partial charge is 0.230 e. The predicted molar refractivity (Wildman–Crippen MR) is 133 cm³/mol. The largest absolute Gasteiger partial charge is 0.369 e. The summed E-state index contributed by atoms with van der Waals surface area (Å²) in [6.07, 6.45) is 2.61. The summed E-state index contributed by atoms with van der Waals surface area (Å²) in [5, 5.41) is 4.51. The van der Waals surface area contributed by atoms with Gasteiger partial charge < -0.3 is 10.1 Å². The normalized spacial score (nSPS) is 20.5. The van der Waals surface area contributed by atoms with Gasteiger partial charge in [-0.3, -0.25) is 14.5 Å². The van der Waals surface area contributed by atoms with E-state index < -0.39 is 0 Å². The standard InChI is InChI=1S/C24H24Cl2N4O3S/c1-24(2)11-27-9-14(33-24)7-16-17(5-13(25)6-18(16)26)22-23-19(28-12-29-22)8-15(34-23)10-30-20(31)3-4-21(30)32/h5-6,8,12,14,27H,3-4,7,9-11H2,1-2H3. The van der Waals surface area contributed by atoms with Gasteiger partial charge >= 0.3 is 0 Å². The number of morpholine rings is 1. The summed E-state index contributed by atoms with van der Waals surface area (Å²) in [4.78, 5) is 35.4. The van der Waals surface area contributed by atoms with Crippen molar-refractivity contribution in [1.82, 2.24) is 20.2 Å². The molecule has 5 rings (SSSR count). The molecule has 1 unspecified atom stereocenters. The van der Waals surface area contributed by atoms with Gasteiger partial charge in [0, 0.05) is 52.8 Å². The Balaban J connectivity index is 1.53. The molecular weight excluding hydrogens is 495 g/mol. The Morgan fingerprint density at radius 2 is 1.94 bits per heavy atom.